The Balaban J connectivity index is 1.54. The first-order valence-corrected chi connectivity index (χ1v) is 16.3. The van der Waals surface area contributed by atoms with Gasteiger partial charge in [-0.15, -0.1) is 0 Å². The van der Waals surface area contributed by atoms with Crippen molar-refractivity contribution in [3.8, 4) is 0 Å². The highest BCUT2D eigenvalue weighted by Crippen LogP contribution is 2.75. The Morgan fingerprint density at radius 1 is 0.846 bits per heavy atom. The average Bonchev–Trinajstić information content (AvgIpc) is 2.81. The van der Waals surface area contributed by atoms with Crippen LogP contribution in [0.1, 0.15) is 119 Å². The standard InChI is InChI=1S/C35H60N2O2/c1-30(2)17-19-35(29(39)36-21-22-37(8,9)10)20-18-33(6)24(25(35)23-30)11-12-27-32(5)15-14-28(38)31(3,4)26(32)13-16-34(27,33)7/h26-28,38H,11-23H2,1-10H3/p+1/t26-,27+,28-,32-,33+,34+,35-/m0/s1. The summed E-state index contributed by atoms with van der Waals surface area (Å²) in [4.78, 5) is 14.2. The lowest BCUT2D eigenvalue weighted by Crippen LogP contribution is -2.64. The molecule has 0 radical (unpaired) electrons. The number of rotatable bonds is 4. The highest BCUT2D eigenvalue weighted by molar-refractivity contribution is 5.87. The lowest BCUT2D eigenvalue weighted by molar-refractivity contribution is -0.869. The molecule has 0 heterocycles. The topological polar surface area (TPSA) is 49.3 Å². The van der Waals surface area contributed by atoms with E-state index in [0.29, 0.717) is 17.7 Å². The number of aliphatic hydroxyl groups is 1. The number of hydrogen-bond donors (Lipinski definition) is 2. The van der Waals surface area contributed by atoms with E-state index in [0.717, 1.165) is 62.5 Å². The molecule has 7 atom stereocenters. The van der Waals surface area contributed by atoms with Crippen molar-refractivity contribution in [2.24, 2.45) is 44.3 Å². The van der Waals surface area contributed by atoms with Crippen LogP contribution in [0.15, 0.2) is 11.1 Å². The van der Waals surface area contributed by atoms with Gasteiger partial charge in [-0.05, 0) is 110 Å². The highest BCUT2D eigenvalue weighted by atomic mass is 16.3. The van der Waals surface area contributed by atoms with Crippen molar-refractivity contribution in [2.75, 3.05) is 34.2 Å². The zero-order valence-electron chi connectivity index (χ0n) is 27.2. The fourth-order valence-corrected chi connectivity index (χ4v) is 11.3. The lowest BCUT2D eigenvalue weighted by Gasteiger charge is -2.71. The van der Waals surface area contributed by atoms with Gasteiger partial charge in [-0.1, -0.05) is 59.6 Å². The number of likely N-dealkylation sites (N-methyl/N-ethyl adjacent to an activating group) is 1. The Hall–Kier alpha value is -0.870. The molecular weight excluding hydrogens is 480 g/mol. The van der Waals surface area contributed by atoms with Crippen molar-refractivity contribution in [3.63, 3.8) is 0 Å². The third-order valence-electron chi connectivity index (χ3n) is 14.0. The number of hydrogen-bond acceptors (Lipinski definition) is 2. The highest BCUT2D eigenvalue weighted by Gasteiger charge is 2.68. The molecule has 4 saturated carbocycles. The minimum atomic E-state index is -0.295. The van der Waals surface area contributed by atoms with Gasteiger partial charge in [0.05, 0.1) is 45.8 Å². The number of fused-ring (bicyclic) bond motifs is 6. The number of quaternary nitrogens is 1. The summed E-state index contributed by atoms with van der Waals surface area (Å²) in [5.74, 6) is 1.60. The third kappa shape index (κ3) is 4.31. The second-order valence-corrected chi connectivity index (χ2v) is 18.0. The molecule has 4 nitrogen and oxygen atoms in total. The van der Waals surface area contributed by atoms with Crippen molar-refractivity contribution < 1.29 is 14.4 Å². The fraction of sp³-hybridized carbons (Fsp3) is 0.914. The summed E-state index contributed by atoms with van der Waals surface area (Å²) in [6, 6.07) is 0. The van der Waals surface area contributed by atoms with Gasteiger partial charge in [-0.3, -0.25) is 4.79 Å². The molecule has 4 heteroatoms. The van der Waals surface area contributed by atoms with E-state index in [9.17, 15) is 9.90 Å². The van der Waals surface area contributed by atoms with Gasteiger partial charge in [-0.2, -0.15) is 0 Å². The number of amides is 1. The Labute approximate surface area is 240 Å². The Morgan fingerprint density at radius 3 is 2.18 bits per heavy atom. The van der Waals surface area contributed by atoms with Gasteiger partial charge in [-0.25, -0.2) is 0 Å². The van der Waals surface area contributed by atoms with E-state index >= 15 is 0 Å². The van der Waals surface area contributed by atoms with Crippen molar-refractivity contribution in [1.29, 1.82) is 0 Å². The molecule has 0 saturated heterocycles. The maximum atomic E-state index is 14.2. The van der Waals surface area contributed by atoms with Crippen LogP contribution in [0.2, 0.25) is 0 Å². The first kappa shape index (κ1) is 29.6. The van der Waals surface area contributed by atoms with Crippen molar-refractivity contribution in [1.82, 2.24) is 5.32 Å². The Morgan fingerprint density at radius 2 is 1.51 bits per heavy atom. The summed E-state index contributed by atoms with van der Waals surface area (Å²) in [5.41, 5.74) is 3.92. The molecule has 5 aliphatic rings. The maximum absolute atomic E-state index is 14.2. The van der Waals surface area contributed by atoms with Crippen LogP contribution in [0.4, 0.5) is 0 Å². The number of aliphatic hydroxyl groups excluding tert-OH is 1. The Kier molecular flexibility index (Phi) is 6.88. The molecule has 0 spiro atoms. The van der Waals surface area contributed by atoms with Crippen LogP contribution < -0.4 is 5.32 Å². The predicted octanol–water partition coefficient (Wildman–Crippen LogP) is 7.12. The molecule has 0 aromatic rings. The van der Waals surface area contributed by atoms with Crippen molar-refractivity contribution in [3.05, 3.63) is 11.1 Å². The average molecular weight is 542 g/mol. The minimum absolute atomic E-state index is 0.00700. The second kappa shape index (κ2) is 9.06. The van der Waals surface area contributed by atoms with Crippen LogP contribution in [-0.2, 0) is 4.79 Å². The molecule has 39 heavy (non-hydrogen) atoms. The summed E-state index contributed by atoms with van der Waals surface area (Å²) in [6.45, 7) is 19.1. The zero-order chi connectivity index (χ0) is 28.9. The van der Waals surface area contributed by atoms with Gasteiger partial charge in [0.2, 0.25) is 5.91 Å². The predicted molar refractivity (Wildman–Crippen MR) is 161 cm³/mol. The summed E-state index contributed by atoms with van der Waals surface area (Å²) in [5, 5.41) is 14.5. The molecule has 5 aliphatic carbocycles. The second-order valence-electron chi connectivity index (χ2n) is 18.0. The molecule has 5 rings (SSSR count). The van der Waals surface area contributed by atoms with Gasteiger partial charge < -0.3 is 14.9 Å². The van der Waals surface area contributed by atoms with E-state index < -0.39 is 0 Å². The number of carbonyl (C=O) groups excluding carboxylic acids is 1. The molecule has 0 unspecified atom stereocenters. The molecule has 222 valence electrons. The monoisotopic (exact) mass is 541 g/mol. The normalized spacial score (nSPS) is 44.9. The third-order valence-corrected chi connectivity index (χ3v) is 14.0. The van der Waals surface area contributed by atoms with Crippen LogP contribution in [0, 0.1) is 44.3 Å². The van der Waals surface area contributed by atoms with Crippen LogP contribution in [0.25, 0.3) is 0 Å². The van der Waals surface area contributed by atoms with E-state index in [1.54, 1.807) is 11.1 Å². The maximum Gasteiger partial charge on any atom is 0.230 e. The molecule has 4 fully saturated rings. The Bertz CT molecular complexity index is 1040. The summed E-state index contributed by atoms with van der Waals surface area (Å²) in [7, 11) is 6.61. The van der Waals surface area contributed by atoms with Crippen LogP contribution in [0.3, 0.4) is 0 Å². The SMILES string of the molecule is CC1(C)CC[C@]2(C(=O)NCC[N+](C)(C)C)CC[C@]3(C)C(=C2C1)CC[C@@H]1[C@@]2(C)CC[C@H](O)C(C)(C)[C@@H]2CC[C@]13C. The zero-order valence-corrected chi connectivity index (χ0v) is 27.2. The lowest BCUT2D eigenvalue weighted by atomic mass is 9.34. The van der Waals surface area contributed by atoms with Gasteiger partial charge in [0.1, 0.15) is 0 Å². The molecular formula is C35H61N2O2+. The molecule has 2 N–H and O–H groups in total. The van der Waals surface area contributed by atoms with Crippen molar-refractivity contribution >= 4 is 5.91 Å². The summed E-state index contributed by atoms with van der Waals surface area (Å²) < 4.78 is 0.875. The first-order chi connectivity index (χ1) is 17.8. The van der Waals surface area contributed by atoms with Crippen LogP contribution in [-0.4, -0.2) is 55.8 Å². The smallest absolute Gasteiger partial charge is 0.230 e. The molecule has 1 amide bonds. The van der Waals surface area contributed by atoms with Crippen molar-refractivity contribution in [2.45, 2.75) is 125 Å². The van der Waals surface area contributed by atoms with Crippen LogP contribution >= 0.6 is 0 Å². The number of nitrogens with zero attached hydrogens (tertiary/aromatic N) is 1. The molecule has 0 aromatic carbocycles. The van der Waals surface area contributed by atoms with E-state index in [2.05, 4.69) is 74.9 Å². The van der Waals surface area contributed by atoms with Gasteiger partial charge in [0.25, 0.3) is 0 Å². The number of carbonyl (C=O) groups is 1. The number of allylic oxidation sites excluding steroid dienone is 1. The molecule has 0 bridgehead atoms. The summed E-state index contributed by atoms with van der Waals surface area (Å²) >= 11 is 0. The molecule has 0 aromatic heterocycles. The summed E-state index contributed by atoms with van der Waals surface area (Å²) in [6.07, 6.45) is 12.2. The quantitative estimate of drug-likeness (QED) is 0.294. The van der Waals surface area contributed by atoms with Gasteiger partial charge >= 0.3 is 0 Å². The largest absolute Gasteiger partial charge is 0.393 e. The van der Waals surface area contributed by atoms with E-state index in [4.69, 9.17) is 0 Å². The molecule has 0 aliphatic heterocycles. The first-order valence-electron chi connectivity index (χ1n) is 16.3. The van der Waals surface area contributed by atoms with E-state index in [-0.39, 0.29) is 38.6 Å². The van der Waals surface area contributed by atoms with Gasteiger partial charge in [0, 0.05) is 0 Å². The van der Waals surface area contributed by atoms with Gasteiger partial charge in [0.15, 0.2) is 0 Å². The fourth-order valence-electron chi connectivity index (χ4n) is 11.3. The van der Waals surface area contributed by atoms with Crippen LogP contribution in [0.5, 0.6) is 0 Å². The van der Waals surface area contributed by atoms with E-state index in [1.165, 1.54) is 25.7 Å². The van der Waals surface area contributed by atoms with E-state index in [1.807, 2.05) is 0 Å². The number of nitrogens with one attached hydrogen (secondary N) is 1. The minimum Gasteiger partial charge on any atom is -0.393 e.